The van der Waals surface area contributed by atoms with E-state index in [1.165, 1.54) is 30.3 Å². The zero-order valence-corrected chi connectivity index (χ0v) is 14.8. The number of nitrogens with one attached hydrogen (secondary N) is 3. The predicted octanol–water partition coefficient (Wildman–Crippen LogP) is 1.56. The molecule has 0 aliphatic carbocycles. The first-order chi connectivity index (χ1) is 12.0. The lowest BCUT2D eigenvalue weighted by Crippen LogP contribution is -2.50. The molecule has 3 rings (SSSR count). The molecule has 2 aromatic rings. The van der Waals surface area contributed by atoms with Gasteiger partial charge in [-0.1, -0.05) is 6.07 Å². The first kappa shape index (κ1) is 17.4. The van der Waals surface area contributed by atoms with E-state index in [9.17, 15) is 18.0 Å². The lowest BCUT2D eigenvalue weighted by molar-refractivity contribution is -0.124. The van der Waals surface area contributed by atoms with Crippen molar-refractivity contribution in [2.24, 2.45) is 0 Å². The summed E-state index contributed by atoms with van der Waals surface area (Å²) in [5.74, 6) is -0.547. The molecule has 2 heterocycles. The number of thiophene rings is 1. The second kappa shape index (κ2) is 7.24. The molecule has 2 amide bonds. The van der Waals surface area contributed by atoms with Gasteiger partial charge in [0.2, 0.25) is 5.91 Å². The van der Waals surface area contributed by atoms with Crippen LogP contribution in [0.2, 0.25) is 0 Å². The molecule has 1 fully saturated rings. The lowest BCUT2D eigenvalue weighted by atomic mass is 10.1. The van der Waals surface area contributed by atoms with Crippen LogP contribution in [-0.4, -0.2) is 32.8 Å². The van der Waals surface area contributed by atoms with Gasteiger partial charge in [0.1, 0.15) is 10.3 Å². The van der Waals surface area contributed by atoms with E-state index in [1.54, 1.807) is 11.4 Å². The molecule has 0 bridgehead atoms. The van der Waals surface area contributed by atoms with Gasteiger partial charge < -0.3 is 10.6 Å². The molecule has 1 aromatic heterocycles. The third kappa shape index (κ3) is 4.18. The Morgan fingerprint density at radius 2 is 1.96 bits per heavy atom. The molecular formula is C16H17N3O4S2. The summed E-state index contributed by atoms with van der Waals surface area (Å²) >= 11 is 1.12. The molecule has 9 heteroatoms. The van der Waals surface area contributed by atoms with Crippen LogP contribution in [0.3, 0.4) is 0 Å². The summed E-state index contributed by atoms with van der Waals surface area (Å²) in [4.78, 5) is 23.9. The number of carbonyl (C=O) groups is 2. The molecule has 1 atom stereocenters. The van der Waals surface area contributed by atoms with Gasteiger partial charge in [-0.05, 0) is 48.6 Å². The Bertz CT molecular complexity index is 861. The standard InChI is InChI=1S/C16H17N3O4S2/c20-15(18-13-3-1-9-17-16(13)21)11-5-7-12(8-6-11)19-25(22,23)14-4-2-10-24-14/h2,4-8,10,13,19H,1,3,9H2,(H,17,21)(H,18,20). The summed E-state index contributed by atoms with van der Waals surface area (Å²) in [7, 11) is -3.62. The molecule has 0 saturated carbocycles. The van der Waals surface area contributed by atoms with E-state index >= 15 is 0 Å². The molecular weight excluding hydrogens is 362 g/mol. The third-order valence-electron chi connectivity index (χ3n) is 3.75. The van der Waals surface area contributed by atoms with Crippen LogP contribution in [0.4, 0.5) is 5.69 Å². The van der Waals surface area contributed by atoms with E-state index in [4.69, 9.17) is 0 Å². The monoisotopic (exact) mass is 379 g/mol. The van der Waals surface area contributed by atoms with Crippen LogP contribution >= 0.6 is 11.3 Å². The fourth-order valence-electron chi connectivity index (χ4n) is 2.46. The van der Waals surface area contributed by atoms with Gasteiger partial charge in [-0.15, -0.1) is 11.3 Å². The minimum absolute atomic E-state index is 0.181. The predicted molar refractivity (Wildman–Crippen MR) is 95.1 cm³/mol. The summed E-state index contributed by atoms with van der Waals surface area (Å²) in [6.45, 7) is 0.629. The number of carbonyl (C=O) groups excluding carboxylic acids is 2. The summed E-state index contributed by atoms with van der Waals surface area (Å²) in [5.41, 5.74) is 0.720. The molecule has 1 unspecified atom stereocenters. The van der Waals surface area contributed by atoms with E-state index in [-0.39, 0.29) is 16.0 Å². The maximum atomic E-state index is 12.2. The summed E-state index contributed by atoms with van der Waals surface area (Å²) in [6, 6.07) is 8.71. The number of amides is 2. The van der Waals surface area contributed by atoms with Crippen LogP contribution in [0.25, 0.3) is 0 Å². The molecule has 25 heavy (non-hydrogen) atoms. The molecule has 1 aliphatic heterocycles. The van der Waals surface area contributed by atoms with Crippen LogP contribution in [0, 0.1) is 0 Å². The summed E-state index contributed by atoms with van der Waals surface area (Å²) < 4.78 is 27.0. The molecule has 0 radical (unpaired) electrons. The van der Waals surface area contributed by atoms with Crippen molar-refractivity contribution in [2.45, 2.75) is 23.1 Å². The number of rotatable bonds is 5. The topological polar surface area (TPSA) is 104 Å². The second-order valence-electron chi connectivity index (χ2n) is 5.57. The van der Waals surface area contributed by atoms with Crippen LogP contribution in [0.1, 0.15) is 23.2 Å². The molecule has 1 aromatic carbocycles. The van der Waals surface area contributed by atoms with Crippen molar-refractivity contribution in [1.29, 1.82) is 0 Å². The lowest BCUT2D eigenvalue weighted by Gasteiger charge is -2.22. The molecule has 3 N–H and O–H groups in total. The van der Waals surface area contributed by atoms with Crippen molar-refractivity contribution in [3.8, 4) is 0 Å². The Labute approximate surface area is 149 Å². The van der Waals surface area contributed by atoms with Crippen molar-refractivity contribution < 1.29 is 18.0 Å². The minimum atomic E-state index is -3.62. The van der Waals surface area contributed by atoms with E-state index in [2.05, 4.69) is 15.4 Å². The maximum Gasteiger partial charge on any atom is 0.271 e. The average Bonchev–Trinajstić information content (AvgIpc) is 3.13. The van der Waals surface area contributed by atoms with Crippen LogP contribution in [-0.2, 0) is 14.8 Å². The quantitative estimate of drug-likeness (QED) is 0.733. The largest absolute Gasteiger partial charge is 0.354 e. The van der Waals surface area contributed by atoms with E-state index in [0.29, 0.717) is 24.2 Å². The number of piperidine rings is 1. The van der Waals surface area contributed by atoms with Gasteiger partial charge >= 0.3 is 0 Å². The molecule has 0 spiro atoms. The zero-order chi connectivity index (χ0) is 17.9. The summed E-state index contributed by atoms with van der Waals surface area (Å²) in [6.07, 6.45) is 1.43. The van der Waals surface area contributed by atoms with Gasteiger partial charge in [0, 0.05) is 17.8 Å². The first-order valence-electron chi connectivity index (χ1n) is 7.71. The van der Waals surface area contributed by atoms with Crippen LogP contribution in [0.5, 0.6) is 0 Å². The number of hydrogen-bond acceptors (Lipinski definition) is 5. The Morgan fingerprint density at radius 1 is 1.20 bits per heavy atom. The highest BCUT2D eigenvalue weighted by Gasteiger charge is 2.24. The number of anilines is 1. The zero-order valence-electron chi connectivity index (χ0n) is 13.2. The van der Waals surface area contributed by atoms with Gasteiger partial charge in [-0.25, -0.2) is 8.42 Å². The fourth-order valence-corrected chi connectivity index (χ4v) is 4.51. The second-order valence-corrected chi connectivity index (χ2v) is 8.43. The maximum absolute atomic E-state index is 12.2. The van der Waals surface area contributed by atoms with E-state index < -0.39 is 16.1 Å². The highest BCUT2D eigenvalue weighted by Crippen LogP contribution is 2.20. The van der Waals surface area contributed by atoms with Crippen molar-refractivity contribution >= 4 is 38.9 Å². The van der Waals surface area contributed by atoms with Gasteiger partial charge in [-0.2, -0.15) is 0 Å². The van der Waals surface area contributed by atoms with Gasteiger partial charge in [-0.3, -0.25) is 14.3 Å². The van der Waals surface area contributed by atoms with Crippen LogP contribution < -0.4 is 15.4 Å². The highest BCUT2D eigenvalue weighted by molar-refractivity contribution is 7.94. The fraction of sp³-hybridized carbons (Fsp3) is 0.250. The van der Waals surface area contributed by atoms with Crippen LogP contribution in [0.15, 0.2) is 46.0 Å². The molecule has 1 saturated heterocycles. The van der Waals surface area contributed by atoms with Crippen molar-refractivity contribution in [1.82, 2.24) is 10.6 Å². The van der Waals surface area contributed by atoms with E-state index in [0.717, 1.165) is 17.8 Å². The average molecular weight is 379 g/mol. The minimum Gasteiger partial charge on any atom is -0.354 e. The summed E-state index contributed by atoms with van der Waals surface area (Å²) in [5, 5.41) is 7.08. The number of benzene rings is 1. The van der Waals surface area contributed by atoms with Gasteiger partial charge in [0.25, 0.3) is 15.9 Å². The molecule has 7 nitrogen and oxygen atoms in total. The van der Waals surface area contributed by atoms with Crippen molar-refractivity contribution in [3.63, 3.8) is 0 Å². The number of hydrogen-bond donors (Lipinski definition) is 3. The van der Waals surface area contributed by atoms with E-state index in [1.807, 2.05) is 0 Å². The first-order valence-corrected chi connectivity index (χ1v) is 10.1. The Kier molecular flexibility index (Phi) is 5.05. The Morgan fingerprint density at radius 3 is 2.60 bits per heavy atom. The highest BCUT2D eigenvalue weighted by atomic mass is 32.2. The normalized spacial score (nSPS) is 17.6. The Balaban J connectivity index is 1.65. The molecule has 132 valence electrons. The third-order valence-corrected chi connectivity index (χ3v) is 6.53. The Hall–Kier alpha value is -2.39. The SMILES string of the molecule is O=C(NC1CCCNC1=O)c1ccc(NS(=O)(=O)c2cccs2)cc1. The van der Waals surface area contributed by atoms with Gasteiger partial charge in [0.05, 0.1) is 0 Å². The van der Waals surface area contributed by atoms with Crippen molar-refractivity contribution in [2.75, 3.05) is 11.3 Å². The van der Waals surface area contributed by atoms with Crippen molar-refractivity contribution in [3.05, 3.63) is 47.3 Å². The smallest absolute Gasteiger partial charge is 0.271 e. The van der Waals surface area contributed by atoms with Gasteiger partial charge in [0.15, 0.2) is 0 Å². The number of sulfonamides is 1. The molecule has 1 aliphatic rings.